The highest BCUT2D eigenvalue weighted by atomic mass is 16.3. The SMILES string of the molecule is Cc1ccc2c(oc3c(-c4cccc5c4ccc4ccccc45)c(C#N)ccc32)c1-c1ccc(C(C)C)c[n+]1C. The van der Waals surface area contributed by atoms with Gasteiger partial charge in [0.05, 0.1) is 17.2 Å². The molecule has 2 aromatic heterocycles. The zero-order chi connectivity index (χ0) is 27.5. The molecule has 0 amide bonds. The Morgan fingerprint density at radius 3 is 2.20 bits per heavy atom. The molecule has 3 nitrogen and oxygen atoms in total. The van der Waals surface area contributed by atoms with E-state index in [9.17, 15) is 5.26 Å². The molecule has 0 bridgehead atoms. The van der Waals surface area contributed by atoms with Crippen LogP contribution in [0.1, 0.15) is 36.5 Å². The van der Waals surface area contributed by atoms with Gasteiger partial charge in [-0.1, -0.05) is 80.6 Å². The van der Waals surface area contributed by atoms with Crippen LogP contribution in [0.5, 0.6) is 0 Å². The van der Waals surface area contributed by atoms with Crippen molar-refractivity contribution in [2.45, 2.75) is 26.7 Å². The Balaban J connectivity index is 1.56. The number of aryl methyl sites for hydroxylation is 2. The van der Waals surface area contributed by atoms with E-state index in [0.29, 0.717) is 11.5 Å². The molecule has 0 saturated heterocycles. The Hall–Kier alpha value is -4.94. The van der Waals surface area contributed by atoms with Crippen LogP contribution in [0.4, 0.5) is 0 Å². The number of nitriles is 1. The first-order valence-corrected chi connectivity index (χ1v) is 13.8. The molecule has 0 fully saturated rings. The fourth-order valence-electron chi connectivity index (χ4n) is 6.17. The van der Waals surface area contributed by atoms with Crippen LogP contribution in [-0.2, 0) is 7.05 Å². The molecule has 7 rings (SSSR count). The first-order valence-electron chi connectivity index (χ1n) is 13.8. The minimum absolute atomic E-state index is 0.452. The molecule has 0 spiro atoms. The number of hydrogen-bond acceptors (Lipinski definition) is 2. The van der Waals surface area contributed by atoms with E-state index in [4.69, 9.17) is 4.42 Å². The second kappa shape index (κ2) is 9.07. The van der Waals surface area contributed by atoms with Crippen molar-refractivity contribution in [3.8, 4) is 28.5 Å². The summed E-state index contributed by atoms with van der Waals surface area (Å²) in [6, 6.07) is 34.3. The van der Waals surface area contributed by atoms with Gasteiger partial charge in [-0.3, -0.25) is 0 Å². The van der Waals surface area contributed by atoms with Crippen LogP contribution >= 0.6 is 0 Å². The number of nitrogens with zero attached hydrogens (tertiary/aromatic N) is 2. The van der Waals surface area contributed by atoms with Crippen molar-refractivity contribution in [3.63, 3.8) is 0 Å². The summed E-state index contributed by atoms with van der Waals surface area (Å²) in [6.07, 6.45) is 2.21. The van der Waals surface area contributed by atoms with Gasteiger partial charge in [-0.05, 0) is 63.7 Å². The van der Waals surface area contributed by atoms with Crippen LogP contribution in [0, 0.1) is 18.3 Å². The van der Waals surface area contributed by atoms with Gasteiger partial charge >= 0.3 is 0 Å². The third-order valence-electron chi connectivity index (χ3n) is 8.27. The van der Waals surface area contributed by atoms with E-state index in [1.54, 1.807) is 0 Å². The van der Waals surface area contributed by atoms with Crippen LogP contribution in [-0.4, -0.2) is 0 Å². The molecule has 0 unspecified atom stereocenters. The van der Waals surface area contributed by atoms with Crippen LogP contribution in [0.2, 0.25) is 0 Å². The lowest BCUT2D eigenvalue weighted by Crippen LogP contribution is -2.31. The van der Waals surface area contributed by atoms with Gasteiger partial charge in [0.2, 0.25) is 5.69 Å². The quantitative estimate of drug-likeness (QED) is 0.173. The number of fused-ring (bicyclic) bond motifs is 6. The van der Waals surface area contributed by atoms with Crippen molar-refractivity contribution in [3.05, 3.63) is 114 Å². The molecule has 192 valence electrons. The molecule has 0 radical (unpaired) electrons. The van der Waals surface area contributed by atoms with Gasteiger partial charge < -0.3 is 4.42 Å². The van der Waals surface area contributed by atoms with Crippen molar-refractivity contribution in [1.29, 1.82) is 5.26 Å². The molecule has 40 heavy (non-hydrogen) atoms. The molecule has 2 heterocycles. The summed E-state index contributed by atoms with van der Waals surface area (Å²) in [4.78, 5) is 0. The summed E-state index contributed by atoms with van der Waals surface area (Å²) < 4.78 is 9.05. The molecule has 0 N–H and O–H groups in total. The van der Waals surface area contributed by atoms with Crippen LogP contribution in [0.15, 0.2) is 102 Å². The summed E-state index contributed by atoms with van der Waals surface area (Å²) in [5.74, 6) is 0.452. The zero-order valence-electron chi connectivity index (χ0n) is 23.1. The molecule has 0 aliphatic heterocycles. The second-order valence-corrected chi connectivity index (χ2v) is 11.0. The Morgan fingerprint density at radius 1 is 0.700 bits per heavy atom. The van der Waals surface area contributed by atoms with Crippen molar-refractivity contribution in [2.75, 3.05) is 0 Å². The Labute approximate surface area is 233 Å². The van der Waals surface area contributed by atoms with Crippen molar-refractivity contribution >= 4 is 43.5 Å². The molecule has 3 heteroatoms. The van der Waals surface area contributed by atoms with Crippen LogP contribution in [0.3, 0.4) is 0 Å². The van der Waals surface area contributed by atoms with E-state index in [1.165, 1.54) is 21.7 Å². The maximum absolute atomic E-state index is 10.2. The maximum Gasteiger partial charge on any atom is 0.216 e. The number of aromatic nitrogens is 1. The summed E-state index contributed by atoms with van der Waals surface area (Å²) in [5, 5.41) is 17.0. The van der Waals surface area contributed by atoms with E-state index in [1.807, 2.05) is 12.1 Å². The normalized spacial score (nSPS) is 11.7. The zero-order valence-corrected chi connectivity index (χ0v) is 23.1. The third kappa shape index (κ3) is 3.53. The Kier molecular flexibility index (Phi) is 5.47. The number of rotatable bonds is 3. The van der Waals surface area contributed by atoms with E-state index >= 15 is 0 Å². The largest absolute Gasteiger partial charge is 0.454 e. The number of benzene rings is 5. The molecule has 0 aliphatic rings. The maximum atomic E-state index is 10.2. The fourth-order valence-corrected chi connectivity index (χ4v) is 6.17. The molecule has 7 aromatic rings. The lowest BCUT2D eigenvalue weighted by Gasteiger charge is -2.11. The summed E-state index contributed by atoms with van der Waals surface area (Å²) in [7, 11) is 2.10. The van der Waals surface area contributed by atoms with Gasteiger partial charge in [-0.15, -0.1) is 0 Å². The standard InChI is InChI=1S/C37H29N2O/c1-22(2)26-15-19-33(39(4)21-26)34-23(3)12-16-31-32-18-14-25(20-38)35(37(32)40-36(31)34)30-11-7-10-28-27-9-6-5-8-24(27)13-17-29(28)30/h5-19,21-22H,1-4H3/q+1. The molecule has 5 aromatic carbocycles. The lowest BCUT2D eigenvalue weighted by atomic mass is 9.91. The van der Waals surface area contributed by atoms with E-state index in [-0.39, 0.29) is 0 Å². The number of hydrogen-bond donors (Lipinski definition) is 0. The molecule has 0 saturated carbocycles. The first kappa shape index (κ1) is 24.1. The number of pyridine rings is 1. The molecular weight excluding hydrogens is 488 g/mol. The van der Waals surface area contributed by atoms with Crippen molar-refractivity contribution in [2.24, 2.45) is 7.05 Å². The van der Waals surface area contributed by atoms with Crippen molar-refractivity contribution < 1.29 is 8.98 Å². The topological polar surface area (TPSA) is 40.8 Å². The lowest BCUT2D eigenvalue weighted by molar-refractivity contribution is -0.660. The Morgan fingerprint density at radius 2 is 1.43 bits per heavy atom. The molecule has 0 atom stereocenters. The van der Waals surface area contributed by atoms with Gasteiger partial charge in [-0.2, -0.15) is 5.26 Å². The van der Waals surface area contributed by atoms with Gasteiger partial charge in [0.25, 0.3) is 0 Å². The minimum atomic E-state index is 0.452. The molecule has 0 aliphatic carbocycles. The number of furan rings is 1. The van der Waals surface area contributed by atoms with Crippen LogP contribution < -0.4 is 4.57 Å². The van der Waals surface area contributed by atoms with Gasteiger partial charge in [0, 0.05) is 28.0 Å². The molecular formula is C37H29N2O+. The monoisotopic (exact) mass is 517 g/mol. The summed E-state index contributed by atoms with van der Waals surface area (Å²) >= 11 is 0. The van der Waals surface area contributed by atoms with E-state index < -0.39 is 0 Å². The highest BCUT2D eigenvalue weighted by Crippen LogP contribution is 2.44. The van der Waals surface area contributed by atoms with Crippen molar-refractivity contribution in [1.82, 2.24) is 0 Å². The predicted molar refractivity (Wildman–Crippen MR) is 164 cm³/mol. The highest BCUT2D eigenvalue weighted by molar-refractivity contribution is 6.18. The van der Waals surface area contributed by atoms with Gasteiger partial charge in [0.15, 0.2) is 6.20 Å². The van der Waals surface area contributed by atoms with E-state index in [0.717, 1.165) is 55.3 Å². The first-order chi connectivity index (χ1) is 19.5. The second-order valence-electron chi connectivity index (χ2n) is 11.0. The third-order valence-corrected chi connectivity index (χ3v) is 8.27. The highest BCUT2D eigenvalue weighted by Gasteiger charge is 2.24. The Bertz CT molecular complexity index is 2180. The van der Waals surface area contributed by atoms with Crippen LogP contribution in [0.25, 0.3) is 65.9 Å². The van der Waals surface area contributed by atoms with E-state index in [2.05, 4.69) is 124 Å². The average molecular weight is 518 g/mol. The summed E-state index contributed by atoms with van der Waals surface area (Å²) in [6.45, 7) is 6.56. The predicted octanol–water partition coefficient (Wildman–Crippen LogP) is 9.35. The average Bonchev–Trinajstić information content (AvgIpc) is 3.35. The smallest absolute Gasteiger partial charge is 0.216 e. The fraction of sp³-hybridized carbons (Fsp3) is 0.135. The summed E-state index contributed by atoms with van der Waals surface area (Å²) in [5.41, 5.74) is 8.70. The minimum Gasteiger partial charge on any atom is -0.454 e. The van der Waals surface area contributed by atoms with Gasteiger partial charge in [0.1, 0.15) is 18.2 Å². The van der Waals surface area contributed by atoms with Gasteiger partial charge in [-0.25, -0.2) is 4.57 Å².